The zero-order valence-corrected chi connectivity index (χ0v) is 13.3. The predicted octanol–water partition coefficient (Wildman–Crippen LogP) is 0.139. The second-order valence-electron chi connectivity index (χ2n) is 4.59. The van der Waals surface area contributed by atoms with Crippen LogP contribution >= 0.6 is 0 Å². The maximum Gasteiger partial charge on any atom is 0.257 e. The first-order valence-corrected chi connectivity index (χ1v) is 8.42. The van der Waals surface area contributed by atoms with Gasteiger partial charge in [-0.2, -0.15) is 5.10 Å². The molecule has 0 aliphatic carbocycles. The number of hydrogen-bond donors (Lipinski definition) is 3. The quantitative estimate of drug-likeness (QED) is 0.572. The molecule has 7 nitrogen and oxygen atoms in total. The smallest absolute Gasteiger partial charge is 0.257 e. The van der Waals surface area contributed by atoms with Crippen molar-refractivity contribution in [3.8, 4) is 0 Å². The van der Waals surface area contributed by atoms with Crippen LogP contribution in [0.5, 0.6) is 0 Å². The summed E-state index contributed by atoms with van der Waals surface area (Å²) < 4.78 is 27.0. The molecule has 8 heteroatoms. The van der Waals surface area contributed by atoms with E-state index in [1.165, 1.54) is 6.20 Å². The highest BCUT2D eigenvalue weighted by Gasteiger charge is 2.20. The molecule has 0 aliphatic heterocycles. The van der Waals surface area contributed by atoms with Crippen LogP contribution in [0.25, 0.3) is 0 Å². The molecule has 0 aliphatic rings. The van der Waals surface area contributed by atoms with Crippen LogP contribution in [-0.2, 0) is 16.6 Å². The number of aromatic nitrogens is 2. The molecule has 0 radical (unpaired) electrons. The first kappa shape index (κ1) is 17.1. The van der Waals surface area contributed by atoms with E-state index < -0.39 is 10.0 Å². The summed E-state index contributed by atoms with van der Waals surface area (Å²) in [5.41, 5.74) is 0.640. The average molecular weight is 303 g/mol. The molecule has 116 valence electrons. The first-order valence-electron chi connectivity index (χ1n) is 6.94. The molecule has 3 N–H and O–H groups in total. The lowest BCUT2D eigenvalue weighted by molar-refractivity contribution is 0.293. The Bertz CT molecular complexity index is 486. The number of aromatic amines is 1. The second-order valence-corrected chi connectivity index (χ2v) is 6.29. The highest BCUT2D eigenvalue weighted by atomic mass is 32.2. The Kier molecular flexibility index (Phi) is 7.14. The van der Waals surface area contributed by atoms with Crippen LogP contribution in [0.2, 0.25) is 0 Å². The van der Waals surface area contributed by atoms with Crippen molar-refractivity contribution < 1.29 is 8.42 Å². The number of likely N-dealkylation sites (N-methyl/N-ethyl adjacent to an activating group) is 1. The van der Waals surface area contributed by atoms with Gasteiger partial charge in [0, 0.05) is 25.2 Å². The van der Waals surface area contributed by atoms with Gasteiger partial charge in [0.25, 0.3) is 10.0 Å². The van der Waals surface area contributed by atoms with Crippen LogP contribution in [0, 0.1) is 0 Å². The summed E-state index contributed by atoms with van der Waals surface area (Å²) in [4.78, 5) is 2.21. The molecule has 20 heavy (non-hydrogen) atoms. The SMILES string of the molecule is CCCN(CC)CCNS(=O)(=O)c1[nH]ncc1CNC. The molecule has 0 saturated heterocycles. The molecule has 0 atom stereocenters. The van der Waals surface area contributed by atoms with Gasteiger partial charge in [0.2, 0.25) is 0 Å². The topological polar surface area (TPSA) is 90.1 Å². The van der Waals surface area contributed by atoms with Crippen LogP contribution in [-0.4, -0.2) is 56.7 Å². The van der Waals surface area contributed by atoms with Gasteiger partial charge >= 0.3 is 0 Å². The number of nitrogens with one attached hydrogen (secondary N) is 3. The fraction of sp³-hybridized carbons (Fsp3) is 0.750. The fourth-order valence-electron chi connectivity index (χ4n) is 2.00. The number of sulfonamides is 1. The van der Waals surface area contributed by atoms with Crippen molar-refractivity contribution in [1.29, 1.82) is 0 Å². The Hall–Kier alpha value is -0.960. The molecule has 0 unspecified atom stereocenters. The summed E-state index contributed by atoms with van der Waals surface area (Å²) in [6, 6.07) is 0. The molecule has 1 heterocycles. The molecule has 1 rings (SSSR count). The third kappa shape index (κ3) is 4.86. The minimum absolute atomic E-state index is 0.144. The summed E-state index contributed by atoms with van der Waals surface area (Å²) in [5, 5.41) is 9.42. The van der Waals surface area contributed by atoms with Gasteiger partial charge in [-0.3, -0.25) is 5.10 Å². The maximum atomic E-state index is 12.2. The van der Waals surface area contributed by atoms with Crippen molar-refractivity contribution in [3.05, 3.63) is 11.8 Å². The van der Waals surface area contributed by atoms with Gasteiger partial charge in [0.05, 0.1) is 6.20 Å². The third-order valence-electron chi connectivity index (χ3n) is 3.02. The molecule has 0 aromatic carbocycles. The van der Waals surface area contributed by atoms with Crippen molar-refractivity contribution in [2.24, 2.45) is 0 Å². The summed E-state index contributed by atoms with van der Waals surface area (Å²) in [5.74, 6) is 0. The zero-order chi connectivity index (χ0) is 15.0. The van der Waals surface area contributed by atoms with Crippen molar-refractivity contribution >= 4 is 10.0 Å². The predicted molar refractivity (Wildman–Crippen MR) is 78.9 cm³/mol. The van der Waals surface area contributed by atoms with Crippen LogP contribution in [0.15, 0.2) is 11.2 Å². The van der Waals surface area contributed by atoms with Gasteiger partial charge in [0.1, 0.15) is 0 Å². The summed E-state index contributed by atoms with van der Waals surface area (Å²) in [6.07, 6.45) is 2.59. The van der Waals surface area contributed by atoms with Crippen LogP contribution in [0.1, 0.15) is 25.8 Å². The lowest BCUT2D eigenvalue weighted by Crippen LogP contribution is -2.35. The van der Waals surface area contributed by atoms with Crippen LogP contribution in [0.3, 0.4) is 0 Å². The number of nitrogens with zero attached hydrogens (tertiary/aromatic N) is 2. The standard InChI is InChI=1S/C12H25N5O2S/c1-4-7-17(5-2)8-6-15-20(18,19)12-11(9-13-3)10-14-16-12/h10,13,15H,4-9H2,1-3H3,(H,14,16). The highest BCUT2D eigenvalue weighted by molar-refractivity contribution is 7.89. The van der Waals surface area contributed by atoms with E-state index >= 15 is 0 Å². The normalized spacial score (nSPS) is 12.2. The molecule has 0 saturated carbocycles. The van der Waals surface area contributed by atoms with Crippen molar-refractivity contribution in [1.82, 2.24) is 25.1 Å². The molecule has 0 fully saturated rings. The van der Waals surface area contributed by atoms with Gasteiger partial charge in [-0.25, -0.2) is 13.1 Å². The summed E-state index contributed by atoms with van der Waals surface area (Å²) >= 11 is 0. The van der Waals surface area contributed by atoms with Crippen LogP contribution in [0.4, 0.5) is 0 Å². The van der Waals surface area contributed by atoms with Crippen molar-refractivity contribution in [2.75, 3.05) is 33.2 Å². The Balaban J connectivity index is 2.59. The third-order valence-corrected chi connectivity index (χ3v) is 4.50. The van der Waals surface area contributed by atoms with Crippen molar-refractivity contribution in [2.45, 2.75) is 31.8 Å². The van der Waals surface area contributed by atoms with Gasteiger partial charge in [-0.05, 0) is 26.6 Å². The lowest BCUT2D eigenvalue weighted by Gasteiger charge is -2.19. The monoisotopic (exact) mass is 303 g/mol. The van der Waals surface area contributed by atoms with E-state index in [0.29, 0.717) is 25.2 Å². The molecule has 1 aromatic heterocycles. The molecule has 1 aromatic rings. The average Bonchev–Trinajstić information content (AvgIpc) is 2.87. The Morgan fingerprint density at radius 2 is 2.10 bits per heavy atom. The van der Waals surface area contributed by atoms with Crippen molar-refractivity contribution in [3.63, 3.8) is 0 Å². The van der Waals surface area contributed by atoms with E-state index in [1.807, 2.05) is 0 Å². The Labute approximate surface area is 121 Å². The van der Waals surface area contributed by atoms with E-state index in [4.69, 9.17) is 0 Å². The molecule has 0 amide bonds. The minimum Gasteiger partial charge on any atom is -0.316 e. The largest absolute Gasteiger partial charge is 0.316 e. The second kappa shape index (κ2) is 8.35. The van der Waals surface area contributed by atoms with Gasteiger partial charge < -0.3 is 10.2 Å². The molecule has 0 spiro atoms. The molecular weight excluding hydrogens is 278 g/mol. The number of rotatable bonds is 10. The van der Waals surface area contributed by atoms with Gasteiger partial charge in [-0.15, -0.1) is 0 Å². The van der Waals surface area contributed by atoms with E-state index in [2.05, 4.69) is 39.0 Å². The Morgan fingerprint density at radius 1 is 1.35 bits per heavy atom. The summed E-state index contributed by atoms with van der Waals surface area (Å²) in [7, 11) is -1.76. The van der Waals surface area contributed by atoms with E-state index in [0.717, 1.165) is 19.5 Å². The highest BCUT2D eigenvalue weighted by Crippen LogP contribution is 2.10. The Morgan fingerprint density at radius 3 is 2.70 bits per heavy atom. The van der Waals surface area contributed by atoms with Crippen LogP contribution < -0.4 is 10.0 Å². The first-order chi connectivity index (χ1) is 9.55. The zero-order valence-electron chi connectivity index (χ0n) is 12.4. The fourth-order valence-corrected chi connectivity index (χ4v) is 3.15. The van der Waals surface area contributed by atoms with E-state index in [9.17, 15) is 8.42 Å². The maximum absolute atomic E-state index is 12.2. The number of hydrogen-bond acceptors (Lipinski definition) is 5. The lowest BCUT2D eigenvalue weighted by atomic mass is 10.4. The minimum atomic E-state index is -3.52. The number of H-pyrrole nitrogens is 1. The van der Waals surface area contributed by atoms with E-state index in [-0.39, 0.29) is 5.03 Å². The van der Waals surface area contributed by atoms with Gasteiger partial charge in [-0.1, -0.05) is 13.8 Å². The molecular formula is C12H25N5O2S. The van der Waals surface area contributed by atoms with E-state index in [1.54, 1.807) is 7.05 Å². The van der Waals surface area contributed by atoms with Gasteiger partial charge in [0.15, 0.2) is 5.03 Å². The summed E-state index contributed by atoms with van der Waals surface area (Å²) in [6.45, 7) is 7.65. The molecule has 0 bridgehead atoms.